The standard InChI is InChI=1S/C20H19F3N2O4/c1-24(11-20(21,22)23)18(28)13-4-7-16-12(9-13)3-2-8-25(16)19(29)15-6-5-14(26)10-17(15)27/h4-7,9-10,26-27H,2-3,8,11H2,1H3. The molecule has 0 spiro atoms. The Balaban J connectivity index is 1.87. The summed E-state index contributed by atoms with van der Waals surface area (Å²) in [5, 5.41) is 19.4. The summed E-state index contributed by atoms with van der Waals surface area (Å²) >= 11 is 0. The van der Waals surface area contributed by atoms with Crippen LogP contribution in [0.25, 0.3) is 0 Å². The number of phenolic OH excluding ortho intramolecular Hbond substituents is 2. The third-order valence-electron chi connectivity index (χ3n) is 4.67. The monoisotopic (exact) mass is 408 g/mol. The van der Waals surface area contributed by atoms with Crippen molar-refractivity contribution in [3.8, 4) is 11.5 Å². The van der Waals surface area contributed by atoms with Crippen molar-refractivity contribution >= 4 is 17.5 Å². The third-order valence-corrected chi connectivity index (χ3v) is 4.67. The molecule has 29 heavy (non-hydrogen) atoms. The van der Waals surface area contributed by atoms with Gasteiger partial charge in [-0.2, -0.15) is 13.2 Å². The van der Waals surface area contributed by atoms with E-state index < -0.39 is 24.5 Å². The van der Waals surface area contributed by atoms with E-state index in [9.17, 15) is 33.0 Å². The van der Waals surface area contributed by atoms with Gasteiger partial charge in [-0.1, -0.05) is 0 Å². The van der Waals surface area contributed by atoms with Gasteiger partial charge in [-0.25, -0.2) is 0 Å². The van der Waals surface area contributed by atoms with Crippen molar-refractivity contribution in [1.82, 2.24) is 4.90 Å². The Morgan fingerprint density at radius 1 is 1.14 bits per heavy atom. The molecule has 0 saturated carbocycles. The maximum absolute atomic E-state index is 12.9. The van der Waals surface area contributed by atoms with Gasteiger partial charge in [0.15, 0.2) is 0 Å². The minimum absolute atomic E-state index is 0.0145. The molecule has 0 aromatic heterocycles. The number of benzene rings is 2. The quantitative estimate of drug-likeness (QED) is 0.817. The molecule has 6 nitrogen and oxygen atoms in total. The van der Waals surface area contributed by atoms with E-state index in [-0.39, 0.29) is 22.6 Å². The molecule has 0 bridgehead atoms. The van der Waals surface area contributed by atoms with Gasteiger partial charge in [-0.3, -0.25) is 9.59 Å². The maximum atomic E-state index is 12.9. The SMILES string of the molecule is CN(CC(F)(F)F)C(=O)c1ccc2c(c1)CCCN2C(=O)c1ccc(O)cc1O. The largest absolute Gasteiger partial charge is 0.508 e. The van der Waals surface area contributed by atoms with Crippen molar-refractivity contribution < 1.29 is 33.0 Å². The summed E-state index contributed by atoms with van der Waals surface area (Å²) in [7, 11) is 1.08. The molecule has 2 aromatic carbocycles. The molecule has 0 saturated heterocycles. The van der Waals surface area contributed by atoms with Gasteiger partial charge in [0.2, 0.25) is 0 Å². The van der Waals surface area contributed by atoms with Crippen LogP contribution in [0, 0.1) is 0 Å². The molecule has 154 valence electrons. The molecular formula is C20H19F3N2O4. The molecule has 2 aromatic rings. The van der Waals surface area contributed by atoms with Gasteiger partial charge in [0, 0.05) is 30.9 Å². The first-order chi connectivity index (χ1) is 13.6. The molecule has 0 atom stereocenters. The lowest BCUT2D eigenvalue weighted by molar-refractivity contribution is -0.138. The number of fused-ring (bicyclic) bond motifs is 1. The van der Waals surface area contributed by atoms with Crippen LogP contribution in [0.4, 0.5) is 18.9 Å². The number of carbonyl (C=O) groups excluding carboxylic acids is 2. The Morgan fingerprint density at radius 3 is 2.52 bits per heavy atom. The Labute approximate surface area is 164 Å². The molecule has 1 aliphatic rings. The normalized spacial score (nSPS) is 13.7. The van der Waals surface area contributed by atoms with E-state index in [0.29, 0.717) is 35.5 Å². The van der Waals surface area contributed by atoms with Gasteiger partial charge < -0.3 is 20.0 Å². The molecule has 1 aliphatic heterocycles. The first kappa shape index (κ1) is 20.5. The number of carbonyl (C=O) groups is 2. The second-order valence-corrected chi connectivity index (χ2v) is 6.88. The lowest BCUT2D eigenvalue weighted by atomic mass is 9.97. The number of rotatable bonds is 3. The number of alkyl halides is 3. The number of aryl methyl sites for hydroxylation is 1. The van der Waals surface area contributed by atoms with Crippen LogP contribution < -0.4 is 4.90 Å². The number of hydrogen-bond donors (Lipinski definition) is 2. The van der Waals surface area contributed by atoms with E-state index >= 15 is 0 Å². The zero-order chi connectivity index (χ0) is 21.3. The molecule has 1 heterocycles. The van der Waals surface area contributed by atoms with Crippen molar-refractivity contribution in [2.45, 2.75) is 19.0 Å². The summed E-state index contributed by atoms with van der Waals surface area (Å²) in [5.41, 5.74) is 1.32. The van der Waals surface area contributed by atoms with Crippen LogP contribution in [0.15, 0.2) is 36.4 Å². The summed E-state index contributed by atoms with van der Waals surface area (Å²) in [6.45, 7) is -0.971. The van der Waals surface area contributed by atoms with Crippen molar-refractivity contribution in [3.63, 3.8) is 0 Å². The van der Waals surface area contributed by atoms with Crippen molar-refractivity contribution in [2.24, 2.45) is 0 Å². The maximum Gasteiger partial charge on any atom is 0.406 e. The van der Waals surface area contributed by atoms with Crippen LogP contribution in [-0.2, 0) is 6.42 Å². The average molecular weight is 408 g/mol. The fourth-order valence-corrected chi connectivity index (χ4v) is 3.35. The molecule has 2 N–H and O–H groups in total. The molecule has 0 fully saturated rings. The van der Waals surface area contributed by atoms with Crippen molar-refractivity contribution in [1.29, 1.82) is 0 Å². The first-order valence-corrected chi connectivity index (χ1v) is 8.86. The number of amides is 2. The van der Waals surface area contributed by atoms with Gasteiger partial charge in [-0.15, -0.1) is 0 Å². The van der Waals surface area contributed by atoms with Crippen LogP contribution in [0.5, 0.6) is 11.5 Å². The van der Waals surface area contributed by atoms with Crippen molar-refractivity contribution in [2.75, 3.05) is 25.0 Å². The van der Waals surface area contributed by atoms with Gasteiger partial charge >= 0.3 is 6.18 Å². The molecule has 2 amide bonds. The number of aromatic hydroxyl groups is 2. The zero-order valence-electron chi connectivity index (χ0n) is 15.5. The minimum Gasteiger partial charge on any atom is -0.508 e. The number of nitrogens with zero attached hydrogens (tertiary/aromatic N) is 2. The molecule has 0 radical (unpaired) electrons. The Bertz CT molecular complexity index is 959. The van der Waals surface area contributed by atoms with Gasteiger partial charge in [0.25, 0.3) is 11.8 Å². The summed E-state index contributed by atoms with van der Waals surface area (Å²) in [6.07, 6.45) is -3.34. The Kier molecular flexibility index (Phi) is 5.41. The summed E-state index contributed by atoms with van der Waals surface area (Å²) in [5.74, 6) is -1.77. The Hall–Kier alpha value is -3.23. The first-order valence-electron chi connectivity index (χ1n) is 8.86. The van der Waals surface area contributed by atoms with E-state index in [1.165, 1.54) is 35.2 Å². The predicted octanol–water partition coefficient (Wildman–Crippen LogP) is 3.33. The highest BCUT2D eigenvalue weighted by atomic mass is 19.4. The summed E-state index contributed by atoms with van der Waals surface area (Å²) < 4.78 is 37.6. The lowest BCUT2D eigenvalue weighted by Gasteiger charge is -2.30. The van der Waals surface area contributed by atoms with Crippen molar-refractivity contribution in [3.05, 3.63) is 53.1 Å². The number of halogens is 3. The minimum atomic E-state index is -4.49. The van der Waals surface area contributed by atoms with Gasteiger partial charge in [-0.05, 0) is 48.7 Å². The van der Waals surface area contributed by atoms with Crippen LogP contribution >= 0.6 is 0 Å². The molecule has 0 unspecified atom stereocenters. The highest BCUT2D eigenvalue weighted by Crippen LogP contribution is 2.32. The highest BCUT2D eigenvalue weighted by Gasteiger charge is 2.32. The summed E-state index contributed by atoms with van der Waals surface area (Å²) in [6, 6.07) is 8.08. The average Bonchev–Trinajstić information content (AvgIpc) is 2.64. The smallest absolute Gasteiger partial charge is 0.406 e. The van der Waals surface area contributed by atoms with E-state index in [0.717, 1.165) is 13.1 Å². The van der Waals surface area contributed by atoms with Crippen LogP contribution in [0.2, 0.25) is 0 Å². The van der Waals surface area contributed by atoms with E-state index in [1.807, 2.05) is 0 Å². The van der Waals surface area contributed by atoms with Crippen LogP contribution in [0.1, 0.15) is 32.7 Å². The molecule has 0 aliphatic carbocycles. The van der Waals surface area contributed by atoms with Crippen LogP contribution in [-0.4, -0.2) is 53.2 Å². The number of hydrogen-bond acceptors (Lipinski definition) is 4. The highest BCUT2D eigenvalue weighted by molar-refractivity contribution is 6.08. The van der Waals surface area contributed by atoms with Gasteiger partial charge in [0.05, 0.1) is 5.56 Å². The molecular weight excluding hydrogens is 389 g/mol. The molecule has 3 rings (SSSR count). The van der Waals surface area contributed by atoms with E-state index in [1.54, 1.807) is 0 Å². The second kappa shape index (κ2) is 7.65. The van der Waals surface area contributed by atoms with Crippen LogP contribution in [0.3, 0.4) is 0 Å². The Morgan fingerprint density at radius 2 is 1.86 bits per heavy atom. The molecule has 9 heteroatoms. The summed E-state index contributed by atoms with van der Waals surface area (Å²) in [4.78, 5) is 27.2. The third kappa shape index (κ3) is 4.44. The lowest BCUT2D eigenvalue weighted by Crippen LogP contribution is -2.37. The fraction of sp³-hybridized carbons (Fsp3) is 0.300. The zero-order valence-corrected chi connectivity index (χ0v) is 15.5. The van der Waals surface area contributed by atoms with E-state index in [4.69, 9.17) is 0 Å². The predicted molar refractivity (Wildman–Crippen MR) is 99.2 cm³/mol. The van der Waals surface area contributed by atoms with Gasteiger partial charge in [0.1, 0.15) is 18.0 Å². The topological polar surface area (TPSA) is 81.1 Å². The van der Waals surface area contributed by atoms with E-state index in [2.05, 4.69) is 0 Å². The fourth-order valence-electron chi connectivity index (χ4n) is 3.35. The number of anilines is 1. The number of phenols is 2. The second-order valence-electron chi connectivity index (χ2n) is 6.88.